The van der Waals surface area contributed by atoms with Gasteiger partial charge in [-0.05, 0) is 30.7 Å². The summed E-state index contributed by atoms with van der Waals surface area (Å²) in [5, 5.41) is 9.64. The van der Waals surface area contributed by atoms with Crippen molar-refractivity contribution in [2.45, 2.75) is 19.6 Å². The number of benzene rings is 1. The molecule has 0 bridgehead atoms. The van der Waals surface area contributed by atoms with E-state index in [4.69, 9.17) is 4.74 Å². The highest BCUT2D eigenvalue weighted by molar-refractivity contribution is 5.43. The van der Waals surface area contributed by atoms with Crippen molar-refractivity contribution in [2.75, 3.05) is 19.1 Å². The lowest BCUT2D eigenvalue weighted by Gasteiger charge is -2.20. The van der Waals surface area contributed by atoms with E-state index >= 15 is 0 Å². The van der Waals surface area contributed by atoms with E-state index < -0.39 is 6.10 Å². The van der Waals surface area contributed by atoms with Gasteiger partial charge in [-0.15, -0.1) is 0 Å². The molecule has 0 aliphatic carbocycles. The van der Waals surface area contributed by atoms with Gasteiger partial charge in [0.1, 0.15) is 11.6 Å². The lowest BCUT2D eigenvalue weighted by molar-refractivity contribution is 0.199. The zero-order chi connectivity index (χ0) is 14.5. The number of aliphatic hydroxyl groups is 1. The minimum atomic E-state index is -0.489. The monoisotopic (exact) mass is 272 g/mol. The third-order valence-corrected chi connectivity index (χ3v) is 3.24. The molecule has 2 rings (SSSR count). The Morgan fingerprint density at radius 2 is 2.05 bits per heavy atom. The molecule has 4 heteroatoms. The van der Waals surface area contributed by atoms with Crippen LogP contribution in [0.15, 0.2) is 42.6 Å². The third-order valence-electron chi connectivity index (χ3n) is 3.24. The first-order valence-corrected chi connectivity index (χ1v) is 6.59. The average molecular weight is 272 g/mol. The molecule has 2 aromatic rings. The predicted octanol–water partition coefficient (Wildman–Crippen LogP) is 2.78. The van der Waals surface area contributed by atoms with Gasteiger partial charge in [-0.3, -0.25) is 0 Å². The number of para-hydroxylation sites is 1. The Morgan fingerprint density at radius 3 is 2.75 bits per heavy atom. The minimum Gasteiger partial charge on any atom is -0.496 e. The van der Waals surface area contributed by atoms with Gasteiger partial charge in [-0.1, -0.05) is 18.2 Å². The zero-order valence-electron chi connectivity index (χ0n) is 12.1. The van der Waals surface area contributed by atoms with Crippen LogP contribution in [0.2, 0.25) is 0 Å². The largest absolute Gasteiger partial charge is 0.496 e. The van der Waals surface area contributed by atoms with Crippen molar-refractivity contribution < 1.29 is 9.84 Å². The quantitative estimate of drug-likeness (QED) is 0.909. The van der Waals surface area contributed by atoms with Crippen LogP contribution in [0.4, 0.5) is 5.82 Å². The molecule has 1 unspecified atom stereocenters. The van der Waals surface area contributed by atoms with E-state index in [-0.39, 0.29) is 0 Å². The van der Waals surface area contributed by atoms with E-state index in [1.54, 1.807) is 20.2 Å². The van der Waals surface area contributed by atoms with E-state index in [9.17, 15) is 5.11 Å². The fourth-order valence-corrected chi connectivity index (χ4v) is 2.07. The summed E-state index contributed by atoms with van der Waals surface area (Å²) in [6, 6.07) is 11.7. The van der Waals surface area contributed by atoms with Gasteiger partial charge in [-0.25, -0.2) is 4.98 Å². The number of hydrogen-bond acceptors (Lipinski definition) is 4. The molecule has 1 aromatic carbocycles. The molecular weight excluding hydrogens is 252 g/mol. The number of nitrogens with zero attached hydrogens (tertiary/aromatic N) is 2. The number of hydrogen-bond donors (Lipinski definition) is 1. The van der Waals surface area contributed by atoms with Crippen molar-refractivity contribution in [3.05, 3.63) is 53.7 Å². The normalized spacial score (nSPS) is 12.0. The Balaban J connectivity index is 2.19. The summed E-state index contributed by atoms with van der Waals surface area (Å²) in [6.07, 6.45) is 1.23. The molecule has 20 heavy (non-hydrogen) atoms. The molecule has 0 radical (unpaired) electrons. The second-order valence-corrected chi connectivity index (χ2v) is 4.79. The molecule has 1 heterocycles. The molecule has 106 valence electrons. The first kappa shape index (κ1) is 14.3. The van der Waals surface area contributed by atoms with Crippen molar-refractivity contribution in [3.63, 3.8) is 0 Å². The summed E-state index contributed by atoms with van der Waals surface area (Å²) in [6.45, 7) is 2.44. The Hall–Kier alpha value is -2.07. The van der Waals surface area contributed by atoms with Crippen LogP contribution in [0.1, 0.15) is 24.2 Å². The summed E-state index contributed by atoms with van der Waals surface area (Å²) in [5.74, 6) is 1.69. The molecule has 0 fully saturated rings. The van der Waals surface area contributed by atoms with E-state index in [0.717, 1.165) is 22.7 Å². The SMILES string of the molecule is COc1ccccc1CN(C)c1cc(C(C)O)ccn1. The van der Waals surface area contributed by atoms with Crippen molar-refractivity contribution >= 4 is 5.82 Å². The van der Waals surface area contributed by atoms with Crippen molar-refractivity contribution in [1.29, 1.82) is 0 Å². The van der Waals surface area contributed by atoms with Crippen LogP contribution >= 0.6 is 0 Å². The summed E-state index contributed by atoms with van der Waals surface area (Å²) in [5.41, 5.74) is 1.96. The van der Waals surface area contributed by atoms with Gasteiger partial charge in [0.2, 0.25) is 0 Å². The Labute approximate surface area is 119 Å². The average Bonchev–Trinajstić information content (AvgIpc) is 2.48. The third kappa shape index (κ3) is 3.27. The molecule has 1 aromatic heterocycles. The zero-order valence-corrected chi connectivity index (χ0v) is 12.1. The Bertz CT molecular complexity index is 570. The van der Waals surface area contributed by atoms with Crippen molar-refractivity contribution in [2.24, 2.45) is 0 Å². The lowest BCUT2D eigenvalue weighted by atomic mass is 10.1. The van der Waals surface area contributed by atoms with Crippen LogP contribution < -0.4 is 9.64 Å². The van der Waals surface area contributed by atoms with Gasteiger partial charge in [0.15, 0.2) is 0 Å². The standard InChI is InChI=1S/C16H20N2O2/c1-12(19)13-8-9-17-16(10-13)18(2)11-14-6-4-5-7-15(14)20-3/h4-10,12,19H,11H2,1-3H3. The molecular formula is C16H20N2O2. The van der Waals surface area contributed by atoms with Crippen LogP contribution in [0.3, 0.4) is 0 Å². The van der Waals surface area contributed by atoms with Crippen molar-refractivity contribution in [3.8, 4) is 5.75 Å². The van der Waals surface area contributed by atoms with Crippen LogP contribution in [-0.2, 0) is 6.54 Å². The number of pyridine rings is 1. The maximum absolute atomic E-state index is 9.64. The number of aromatic nitrogens is 1. The number of ether oxygens (including phenoxy) is 1. The molecule has 0 saturated heterocycles. The highest BCUT2D eigenvalue weighted by atomic mass is 16.5. The summed E-state index contributed by atoms with van der Waals surface area (Å²) < 4.78 is 5.36. The van der Waals surface area contributed by atoms with E-state index in [2.05, 4.69) is 4.98 Å². The molecule has 4 nitrogen and oxygen atoms in total. The van der Waals surface area contributed by atoms with E-state index in [1.165, 1.54) is 0 Å². The summed E-state index contributed by atoms with van der Waals surface area (Å²) >= 11 is 0. The Kier molecular flexibility index (Phi) is 4.58. The fraction of sp³-hybridized carbons (Fsp3) is 0.312. The molecule has 1 N–H and O–H groups in total. The number of aliphatic hydroxyl groups excluding tert-OH is 1. The maximum atomic E-state index is 9.64. The van der Waals surface area contributed by atoms with Gasteiger partial charge >= 0.3 is 0 Å². The van der Waals surface area contributed by atoms with Crippen LogP contribution in [0, 0.1) is 0 Å². The fourth-order valence-electron chi connectivity index (χ4n) is 2.07. The van der Waals surface area contributed by atoms with Gasteiger partial charge in [0, 0.05) is 25.4 Å². The molecule has 0 aliphatic rings. The summed E-state index contributed by atoms with van der Waals surface area (Å²) in [4.78, 5) is 6.38. The highest BCUT2D eigenvalue weighted by Gasteiger charge is 2.09. The molecule has 0 saturated carbocycles. The first-order valence-electron chi connectivity index (χ1n) is 6.59. The number of rotatable bonds is 5. The van der Waals surface area contributed by atoms with Gasteiger partial charge in [-0.2, -0.15) is 0 Å². The van der Waals surface area contributed by atoms with Crippen molar-refractivity contribution in [1.82, 2.24) is 4.98 Å². The maximum Gasteiger partial charge on any atom is 0.128 e. The van der Waals surface area contributed by atoms with Gasteiger partial charge < -0.3 is 14.7 Å². The van der Waals surface area contributed by atoms with Gasteiger partial charge in [0.25, 0.3) is 0 Å². The molecule has 0 amide bonds. The number of anilines is 1. The van der Waals surface area contributed by atoms with E-state index in [1.807, 2.05) is 48.3 Å². The van der Waals surface area contributed by atoms with Crippen LogP contribution in [0.5, 0.6) is 5.75 Å². The topological polar surface area (TPSA) is 45.6 Å². The van der Waals surface area contributed by atoms with Crippen LogP contribution in [0.25, 0.3) is 0 Å². The van der Waals surface area contributed by atoms with Gasteiger partial charge in [0.05, 0.1) is 13.2 Å². The van der Waals surface area contributed by atoms with E-state index in [0.29, 0.717) is 6.54 Å². The lowest BCUT2D eigenvalue weighted by Crippen LogP contribution is -2.18. The number of methoxy groups -OCH3 is 1. The van der Waals surface area contributed by atoms with Crippen LogP contribution in [-0.4, -0.2) is 24.2 Å². The minimum absolute atomic E-state index is 0.489. The molecule has 0 aliphatic heterocycles. The Morgan fingerprint density at radius 1 is 1.30 bits per heavy atom. The molecule has 1 atom stereocenters. The highest BCUT2D eigenvalue weighted by Crippen LogP contribution is 2.22. The predicted molar refractivity (Wildman–Crippen MR) is 80.0 cm³/mol. The second kappa shape index (κ2) is 6.39. The molecule has 0 spiro atoms. The smallest absolute Gasteiger partial charge is 0.128 e. The first-order chi connectivity index (χ1) is 9.61. The summed E-state index contributed by atoms with van der Waals surface area (Å²) in [7, 11) is 3.64. The second-order valence-electron chi connectivity index (χ2n) is 4.79.